The average Bonchev–Trinajstić information content (AvgIpc) is 2.43. The van der Waals surface area contributed by atoms with Crippen LogP contribution < -0.4 is 5.56 Å². The summed E-state index contributed by atoms with van der Waals surface area (Å²) < 4.78 is 1.66. The van der Waals surface area contributed by atoms with Gasteiger partial charge in [-0.2, -0.15) is 0 Å². The highest BCUT2D eigenvalue weighted by molar-refractivity contribution is 5.73. The molecule has 2 heterocycles. The molecule has 0 aliphatic heterocycles. The van der Waals surface area contributed by atoms with E-state index in [0.717, 1.165) is 16.8 Å². The average molecular weight is 265 g/mol. The van der Waals surface area contributed by atoms with Gasteiger partial charge in [-0.1, -0.05) is 12.1 Å². The highest BCUT2D eigenvalue weighted by Crippen LogP contribution is 2.18. The molecule has 1 aromatic carbocycles. The van der Waals surface area contributed by atoms with Crippen LogP contribution >= 0.6 is 0 Å². The normalized spacial score (nSPS) is 10.9. The Morgan fingerprint density at radius 1 is 1.05 bits per heavy atom. The summed E-state index contributed by atoms with van der Waals surface area (Å²) in [7, 11) is 0. The summed E-state index contributed by atoms with van der Waals surface area (Å²) in [4.78, 5) is 21.3. The molecule has 20 heavy (non-hydrogen) atoms. The third-order valence-corrected chi connectivity index (χ3v) is 3.63. The Morgan fingerprint density at radius 2 is 1.85 bits per heavy atom. The fraction of sp³-hybridized carbons (Fsp3) is 0.188. The van der Waals surface area contributed by atoms with Crippen LogP contribution in [0.25, 0.3) is 16.7 Å². The molecule has 0 radical (unpaired) electrons. The summed E-state index contributed by atoms with van der Waals surface area (Å²) in [5.41, 5.74) is 3.54. The lowest BCUT2D eigenvalue weighted by atomic mass is 10.1. The zero-order chi connectivity index (χ0) is 14.3. The Labute approximate surface area is 116 Å². The molecular weight excluding hydrogens is 250 g/mol. The van der Waals surface area contributed by atoms with Gasteiger partial charge in [0.15, 0.2) is 5.65 Å². The first-order chi connectivity index (χ1) is 9.59. The predicted molar refractivity (Wildman–Crippen MR) is 79.3 cm³/mol. The molecule has 0 atom stereocenters. The summed E-state index contributed by atoms with van der Waals surface area (Å²) in [5, 5.41) is 0.541. The molecule has 3 rings (SSSR count). The number of rotatable bonds is 1. The van der Waals surface area contributed by atoms with Gasteiger partial charge in [0.1, 0.15) is 5.82 Å². The van der Waals surface area contributed by atoms with Gasteiger partial charge in [0.2, 0.25) is 0 Å². The zero-order valence-corrected chi connectivity index (χ0v) is 11.7. The Balaban J connectivity index is 2.43. The molecule has 0 N–H and O–H groups in total. The van der Waals surface area contributed by atoms with Gasteiger partial charge in [-0.25, -0.2) is 9.97 Å². The third-order valence-electron chi connectivity index (χ3n) is 3.63. The molecule has 4 nitrogen and oxygen atoms in total. The van der Waals surface area contributed by atoms with Crippen LogP contribution in [0.1, 0.15) is 17.0 Å². The Morgan fingerprint density at radius 3 is 2.65 bits per heavy atom. The van der Waals surface area contributed by atoms with E-state index in [4.69, 9.17) is 0 Å². The second kappa shape index (κ2) is 4.56. The van der Waals surface area contributed by atoms with Crippen molar-refractivity contribution < 1.29 is 0 Å². The lowest BCUT2D eigenvalue weighted by Crippen LogP contribution is -2.23. The lowest BCUT2D eigenvalue weighted by molar-refractivity contribution is 0.880. The summed E-state index contributed by atoms with van der Waals surface area (Å²) in [6, 6.07) is 9.46. The van der Waals surface area contributed by atoms with Crippen molar-refractivity contribution in [1.82, 2.24) is 14.5 Å². The molecule has 4 heteroatoms. The SMILES string of the molecule is Cc1cccc(-n2c(C)nc3ncccc3c2=O)c1C. The molecule has 0 spiro atoms. The van der Waals surface area contributed by atoms with Crippen molar-refractivity contribution >= 4 is 11.0 Å². The van der Waals surface area contributed by atoms with E-state index in [1.54, 1.807) is 22.9 Å². The van der Waals surface area contributed by atoms with Gasteiger partial charge in [-0.05, 0) is 50.1 Å². The number of nitrogens with zero attached hydrogens (tertiary/aromatic N) is 3. The number of hydrogen-bond acceptors (Lipinski definition) is 3. The van der Waals surface area contributed by atoms with Crippen LogP contribution in [-0.4, -0.2) is 14.5 Å². The number of fused-ring (bicyclic) bond motifs is 1. The first kappa shape index (κ1) is 12.5. The first-order valence-electron chi connectivity index (χ1n) is 6.50. The Kier molecular flexibility index (Phi) is 2.86. The highest BCUT2D eigenvalue weighted by atomic mass is 16.1. The van der Waals surface area contributed by atoms with E-state index in [9.17, 15) is 4.79 Å². The molecule has 0 aliphatic rings. The summed E-state index contributed by atoms with van der Waals surface area (Å²) in [6.07, 6.45) is 1.65. The van der Waals surface area contributed by atoms with E-state index >= 15 is 0 Å². The van der Waals surface area contributed by atoms with Gasteiger partial charge in [0.05, 0.1) is 11.1 Å². The molecule has 2 aromatic heterocycles. The third kappa shape index (κ3) is 1.81. The van der Waals surface area contributed by atoms with Gasteiger partial charge in [-0.15, -0.1) is 0 Å². The van der Waals surface area contributed by atoms with Crippen molar-refractivity contribution in [1.29, 1.82) is 0 Å². The molecule has 0 amide bonds. The zero-order valence-electron chi connectivity index (χ0n) is 11.7. The van der Waals surface area contributed by atoms with Crippen molar-refractivity contribution in [3.05, 3.63) is 63.8 Å². The van der Waals surface area contributed by atoms with Gasteiger partial charge in [0, 0.05) is 6.20 Å². The minimum Gasteiger partial charge on any atom is -0.268 e. The number of pyridine rings is 1. The second-order valence-corrected chi connectivity index (χ2v) is 4.89. The maximum atomic E-state index is 12.7. The maximum Gasteiger partial charge on any atom is 0.267 e. The van der Waals surface area contributed by atoms with Crippen molar-refractivity contribution in [2.75, 3.05) is 0 Å². The van der Waals surface area contributed by atoms with Gasteiger partial charge < -0.3 is 0 Å². The monoisotopic (exact) mass is 265 g/mol. The molecule has 0 fully saturated rings. The molecule has 3 aromatic rings. The molecular formula is C16H15N3O. The number of benzene rings is 1. The van der Waals surface area contributed by atoms with Gasteiger partial charge in [0.25, 0.3) is 5.56 Å². The second-order valence-electron chi connectivity index (χ2n) is 4.89. The van der Waals surface area contributed by atoms with E-state index in [1.165, 1.54) is 0 Å². The van der Waals surface area contributed by atoms with Crippen molar-refractivity contribution in [3.63, 3.8) is 0 Å². The topological polar surface area (TPSA) is 47.8 Å². The number of aromatic nitrogens is 3. The van der Waals surface area contributed by atoms with Crippen molar-refractivity contribution in [2.45, 2.75) is 20.8 Å². The highest BCUT2D eigenvalue weighted by Gasteiger charge is 2.12. The summed E-state index contributed by atoms with van der Waals surface area (Å²) in [5.74, 6) is 0.648. The fourth-order valence-electron chi connectivity index (χ4n) is 2.39. The smallest absolute Gasteiger partial charge is 0.267 e. The van der Waals surface area contributed by atoms with Crippen LogP contribution in [0.4, 0.5) is 0 Å². The fourth-order valence-corrected chi connectivity index (χ4v) is 2.39. The minimum atomic E-state index is -0.0747. The van der Waals surface area contributed by atoms with Crippen LogP contribution in [0.3, 0.4) is 0 Å². The van der Waals surface area contributed by atoms with Crippen LogP contribution in [0.5, 0.6) is 0 Å². The predicted octanol–water partition coefficient (Wildman–Crippen LogP) is 2.71. The van der Waals surface area contributed by atoms with E-state index in [1.807, 2.05) is 39.0 Å². The largest absolute Gasteiger partial charge is 0.268 e. The summed E-state index contributed by atoms with van der Waals surface area (Å²) >= 11 is 0. The lowest BCUT2D eigenvalue weighted by Gasteiger charge is -2.14. The van der Waals surface area contributed by atoms with Crippen LogP contribution in [0.15, 0.2) is 41.3 Å². The molecule has 0 saturated carbocycles. The van der Waals surface area contributed by atoms with Crippen LogP contribution in [0, 0.1) is 20.8 Å². The number of aryl methyl sites for hydroxylation is 2. The maximum absolute atomic E-state index is 12.7. The van der Waals surface area contributed by atoms with Gasteiger partial charge >= 0.3 is 0 Å². The summed E-state index contributed by atoms with van der Waals surface area (Å²) in [6.45, 7) is 5.89. The van der Waals surface area contributed by atoms with E-state index in [2.05, 4.69) is 9.97 Å². The Bertz CT molecular complexity index is 865. The Hall–Kier alpha value is -2.49. The van der Waals surface area contributed by atoms with E-state index < -0.39 is 0 Å². The van der Waals surface area contributed by atoms with Crippen molar-refractivity contribution in [2.24, 2.45) is 0 Å². The van der Waals surface area contributed by atoms with E-state index in [0.29, 0.717) is 16.9 Å². The van der Waals surface area contributed by atoms with Crippen molar-refractivity contribution in [3.8, 4) is 5.69 Å². The number of hydrogen-bond donors (Lipinski definition) is 0. The van der Waals surface area contributed by atoms with Crippen LogP contribution in [-0.2, 0) is 0 Å². The van der Waals surface area contributed by atoms with Gasteiger partial charge in [-0.3, -0.25) is 9.36 Å². The molecule has 0 aliphatic carbocycles. The standard InChI is InChI=1S/C16H15N3O/c1-10-6-4-8-14(11(10)2)19-12(3)18-15-13(16(19)20)7-5-9-17-15/h4-9H,1-3H3. The van der Waals surface area contributed by atoms with Crippen LogP contribution in [0.2, 0.25) is 0 Å². The molecule has 0 unspecified atom stereocenters. The quantitative estimate of drug-likeness (QED) is 0.679. The minimum absolute atomic E-state index is 0.0747. The molecule has 0 bridgehead atoms. The molecule has 100 valence electrons. The first-order valence-corrected chi connectivity index (χ1v) is 6.50. The molecule has 0 saturated heterocycles. The van der Waals surface area contributed by atoms with E-state index in [-0.39, 0.29) is 5.56 Å².